The lowest BCUT2D eigenvalue weighted by Crippen LogP contribution is -2.55. The smallest absolute Gasteiger partial charge is 0.275 e. The number of ether oxygens (including phenoxy) is 1. The molecule has 1 N–H and O–H groups in total. The van der Waals surface area contributed by atoms with Crippen LogP contribution in [0.2, 0.25) is 0 Å². The van der Waals surface area contributed by atoms with Crippen LogP contribution in [0.3, 0.4) is 0 Å². The molecule has 0 spiro atoms. The van der Waals surface area contributed by atoms with E-state index in [1.165, 1.54) is 11.1 Å². The fraction of sp³-hybridized carbons (Fsp3) is 0.360. The predicted molar refractivity (Wildman–Crippen MR) is 121 cm³/mol. The highest BCUT2D eigenvalue weighted by molar-refractivity contribution is 5.94. The normalized spacial score (nSPS) is 20.5. The van der Waals surface area contributed by atoms with Crippen molar-refractivity contribution in [3.63, 3.8) is 0 Å². The van der Waals surface area contributed by atoms with E-state index in [0.717, 1.165) is 11.1 Å². The molecule has 2 aromatic carbocycles. The zero-order valence-electron chi connectivity index (χ0n) is 18.3. The molecule has 0 bridgehead atoms. The molecule has 1 atom stereocenters. The van der Waals surface area contributed by atoms with Gasteiger partial charge in [-0.15, -0.1) is 0 Å². The van der Waals surface area contributed by atoms with E-state index in [0.29, 0.717) is 13.1 Å². The fourth-order valence-electron chi connectivity index (χ4n) is 4.48. The minimum atomic E-state index is -0.217. The number of fused-ring (bicyclic) bond motifs is 1. The van der Waals surface area contributed by atoms with E-state index in [1.807, 2.05) is 6.92 Å². The molecular weight excluding hydrogens is 390 g/mol. The molecule has 1 fully saturated rings. The van der Waals surface area contributed by atoms with Gasteiger partial charge in [-0.2, -0.15) is 5.10 Å². The van der Waals surface area contributed by atoms with E-state index < -0.39 is 0 Å². The Morgan fingerprint density at radius 3 is 2.35 bits per heavy atom. The summed E-state index contributed by atoms with van der Waals surface area (Å²) in [6.45, 7) is 7.47. The number of likely N-dealkylation sites (N-methyl/N-ethyl adjacent to an activating group) is 1. The lowest BCUT2D eigenvalue weighted by Gasteiger charge is -2.44. The van der Waals surface area contributed by atoms with Gasteiger partial charge in [-0.3, -0.25) is 9.80 Å². The number of aryl methyl sites for hydroxylation is 2. The third kappa shape index (κ3) is 4.21. The van der Waals surface area contributed by atoms with E-state index in [-0.39, 0.29) is 42.5 Å². The standard InChI is InChI=1S/C25H29N3O3/c1-4-27-15-21(28-24(25(27)30)22(29)16-31-12-11-26-28)23(19-9-5-7-17(2)13-19)20-10-6-8-18(3)14-20/h5-11,13-14,21,23,29H,4,12,15-16H2,1-3H3/b24-22?,26-11-. The summed E-state index contributed by atoms with van der Waals surface area (Å²) in [6, 6.07) is 16.8. The Bertz CT molecular complexity index is 985. The van der Waals surface area contributed by atoms with E-state index in [1.54, 1.807) is 16.1 Å². The summed E-state index contributed by atoms with van der Waals surface area (Å²) in [5.74, 6) is -0.328. The van der Waals surface area contributed by atoms with Gasteiger partial charge in [-0.1, -0.05) is 59.7 Å². The number of aliphatic hydroxyl groups excluding tert-OH is 1. The van der Waals surface area contributed by atoms with Crippen LogP contribution in [0.15, 0.2) is 65.1 Å². The highest BCUT2D eigenvalue weighted by Crippen LogP contribution is 2.37. The van der Waals surface area contributed by atoms with Crippen molar-refractivity contribution in [3.05, 3.63) is 82.2 Å². The van der Waals surface area contributed by atoms with Crippen LogP contribution in [0.1, 0.15) is 35.1 Å². The maximum Gasteiger partial charge on any atom is 0.275 e. The Morgan fingerprint density at radius 1 is 1.13 bits per heavy atom. The summed E-state index contributed by atoms with van der Waals surface area (Å²) < 4.78 is 5.39. The number of benzene rings is 2. The molecule has 2 heterocycles. The number of carbonyl (C=O) groups excluding carboxylic acids is 1. The number of rotatable bonds is 4. The molecule has 2 aliphatic rings. The summed E-state index contributed by atoms with van der Waals surface area (Å²) in [5, 5.41) is 17.0. The van der Waals surface area contributed by atoms with Crippen LogP contribution in [0.5, 0.6) is 0 Å². The molecule has 31 heavy (non-hydrogen) atoms. The van der Waals surface area contributed by atoms with Crippen molar-refractivity contribution in [2.24, 2.45) is 5.10 Å². The summed E-state index contributed by atoms with van der Waals surface area (Å²) in [4.78, 5) is 14.9. The number of amides is 1. The molecule has 2 aromatic rings. The van der Waals surface area contributed by atoms with E-state index >= 15 is 0 Å². The quantitative estimate of drug-likeness (QED) is 0.820. The lowest BCUT2D eigenvalue weighted by atomic mass is 9.82. The number of nitrogens with zero attached hydrogens (tertiary/aromatic N) is 3. The Labute approximate surface area is 183 Å². The summed E-state index contributed by atoms with van der Waals surface area (Å²) in [5.41, 5.74) is 4.89. The number of hydrogen-bond acceptors (Lipinski definition) is 5. The number of hydrazone groups is 1. The van der Waals surface area contributed by atoms with Gasteiger partial charge in [0.2, 0.25) is 0 Å². The first-order chi connectivity index (χ1) is 15.0. The molecule has 4 rings (SSSR count). The third-order valence-corrected chi connectivity index (χ3v) is 5.92. The van der Waals surface area contributed by atoms with E-state index in [4.69, 9.17) is 4.74 Å². The van der Waals surface area contributed by atoms with Gasteiger partial charge in [-0.05, 0) is 31.9 Å². The van der Waals surface area contributed by atoms with Crippen molar-refractivity contribution < 1.29 is 14.6 Å². The maximum absolute atomic E-state index is 13.2. The molecule has 6 nitrogen and oxygen atoms in total. The molecule has 0 aromatic heterocycles. The van der Waals surface area contributed by atoms with Crippen LogP contribution in [0, 0.1) is 13.8 Å². The van der Waals surface area contributed by atoms with Crippen molar-refractivity contribution in [1.82, 2.24) is 9.91 Å². The predicted octanol–water partition coefficient (Wildman–Crippen LogP) is 3.75. The van der Waals surface area contributed by atoms with Gasteiger partial charge in [0.15, 0.2) is 5.70 Å². The van der Waals surface area contributed by atoms with Gasteiger partial charge in [-0.25, -0.2) is 0 Å². The second kappa shape index (κ2) is 8.94. The van der Waals surface area contributed by atoms with Crippen LogP contribution in [0.4, 0.5) is 0 Å². The second-order valence-electron chi connectivity index (χ2n) is 8.17. The summed E-state index contributed by atoms with van der Waals surface area (Å²) in [7, 11) is 0. The average Bonchev–Trinajstić information content (AvgIpc) is 2.73. The molecule has 2 aliphatic heterocycles. The van der Waals surface area contributed by atoms with E-state index in [2.05, 4.69) is 67.5 Å². The highest BCUT2D eigenvalue weighted by Gasteiger charge is 2.43. The van der Waals surface area contributed by atoms with E-state index in [9.17, 15) is 9.90 Å². The Balaban J connectivity index is 1.90. The zero-order valence-corrected chi connectivity index (χ0v) is 18.3. The Hall–Kier alpha value is -3.12. The maximum atomic E-state index is 13.2. The van der Waals surface area contributed by atoms with Crippen molar-refractivity contribution in [3.8, 4) is 0 Å². The molecule has 0 radical (unpaired) electrons. The van der Waals surface area contributed by atoms with Crippen LogP contribution in [-0.4, -0.2) is 59.5 Å². The van der Waals surface area contributed by atoms with Gasteiger partial charge in [0.1, 0.15) is 12.4 Å². The molecule has 0 aliphatic carbocycles. The van der Waals surface area contributed by atoms with Crippen LogP contribution in [-0.2, 0) is 9.53 Å². The summed E-state index contributed by atoms with van der Waals surface area (Å²) in [6.07, 6.45) is 1.66. The van der Waals surface area contributed by atoms with Crippen molar-refractivity contribution in [2.75, 3.05) is 26.3 Å². The minimum Gasteiger partial charge on any atom is -0.507 e. The molecule has 1 saturated heterocycles. The van der Waals surface area contributed by atoms with Gasteiger partial charge < -0.3 is 14.7 Å². The minimum absolute atomic E-state index is 0.00652. The van der Waals surface area contributed by atoms with Crippen LogP contribution < -0.4 is 0 Å². The SMILES string of the molecule is CCN1CC(C(c2cccc(C)c2)c2cccc(C)c2)N2/N=C\COCC(O)=C2C1=O. The lowest BCUT2D eigenvalue weighted by molar-refractivity contribution is -0.134. The number of piperazine rings is 1. The third-order valence-electron chi connectivity index (χ3n) is 5.92. The van der Waals surface area contributed by atoms with Gasteiger partial charge in [0.05, 0.1) is 18.9 Å². The second-order valence-corrected chi connectivity index (χ2v) is 8.17. The Morgan fingerprint density at radius 2 is 1.77 bits per heavy atom. The van der Waals surface area contributed by atoms with Crippen molar-refractivity contribution in [2.45, 2.75) is 32.7 Å². The van der Waals surface area contributed by atoms with Gasteiger partial charge in [0, 0.05) is 19.0 Å². The number of aliphatic hydroxyl groups is 1. The molecule has 0 saturated carbocycles. The monoisotopic (exact) mass is 419 g/mol. The highest BCUT2D eigenvalue weighted by atomic mass is 16.5. The Kier molecular flexibility index (Phi) is 6.09. The first-order valence-corrected chi connectivity index (χ1v) is 10.7. The first-order valence-electron chi connectivity index (χ1n) is 10.7. The zero-order chi connectivity index (χ0) is 22.0. The molecule has 1 unspecified atom stereocenters. The fourth-order valence-corrected chi connectivity index (χ4v) is 4.48. The van der Waals surface area contributed by atoms with Crippen molar-refractivity contribution >= 4 is 12.1 Å². The van der Waals surface area contributed by atoms with Crippen LogP contribution in [0.25, 0.3) is 0 Å². The van der Waals surface area contributed by atoms with Gasteiger partial charge >= 0.3 is 0 Å². The molecule has 6 heteroatoms. The largest absolute Gasteiger partial charge is 0.507 e. The summed E-state index contributed by atoms with van der Waals surface area (Å²) >= 11 is 0. The number of carbonyl (C=O) groups is 1. The van der Waals surface area contributed by atoms with Gasteiger partial charge in [0.25, 0.3) is 5.91 Å². The van der Waals surface area contributed by atoms with Crippen molar-refractivity contribution in [1.29, 1.82) is 0 Å². The number of hydrogen-bond donors (Lipinski definition) is 1. The molecule has 162 valence electrons. The average molecular weight is 420 g/mol. The topological polar surface area (TPSA) is 65.4 Å². The molecule has 1 amide bonds. The first kappa shape index (κ1) is 21.1. The van der Waals surface area contributed by atoms with Crippen LogP contribution >= 0.6 is 0 Å². The molecular formula is C25H29N3O3.